The number of carbonyl (C=O) groups excluding carboxylic acids is 1. The largest absolute Gasteiger partial charge is 0.417 e. The number of para-hydroxylation sites is 1. The second-order valence-corrected chi connectivity index (χ2v) is 8.28. The van der Waals surface area contributed by atoms with Gasteiger partial charge in [0.05, 0.1) is 41.3 Å². The number of aromatic nitrogens is 4. The quantitative estimate of drug-likeness (QED) is 0.620. The smallest absolute Gasteiger partial charge is 0.355 e. The molecule has 1 saturated carbocycles. The topological polar surface area (TPSA) is 67.2 Å². The molecule has 166 valence electrons. The van der Waals surface area contributed by atoms with E-state index < -0.39 is 11.7 Å². The van der Waals surface area contributed by atoms with Gasteiger partial charge in [-0.25, -0.2) is 4.98 Å². The molecule has 3 aromatic rings. The Morgan fingerprint density at radius 2 is 1.84 bits per heavy atom. The van der Waals surface area contributed by atoms with Crippen molar-refractivity contribution in [1.82, 2.24) is 24.9 Å². The summed E-state index contributed by atoms with van der Waals surface area (Å²) < 4.78 is 38.6. The van der Waals surface area contributed by atoms with E-state index >= 15 is 0 Å². The highest BCUT2D eigenvalue weighted by molar-refractivity contribution is 5.98. The molecule has 10 heteroatoms. The van der Waals surface area contributed by atoms with Gasteiger partial charge in [0.25, 0.3) is 5.91 Å². The summed E-state index contributed by atoms with van der Waals surface area (Å²) in [5.74, 6) is 0.716. The maximum atomic E-state index is 13.5. The summed E-state index contributed by atoms with van der Waals surface area (Å²) in [4.78, 5) is 22.7. The van der Waals surface area contributed by atoms with Gasteiger partial charge in [-0.15, -0.1) is 0 Å². The van der Waals surface area contributed by atoms with Gasteiger partial charge in [0, 0.05) is 19.8 Å². The monoisotopic (exact) mass is 442 g/mol. The van der Waals surface area contributed by atoms with Crippen molar-refractivity contribution >= 4 is 11.7 Å². The lowest BCUT2D eigenvalue weighted by Gasteiger charge is -2.39. The second-order valence-electron chi connectivity index (χ2n) is 8.28. The fourth-order valence-electron chi connectivity index (χ4n) is 4.90. The average Bonchev–Trinajstić information content (AvgIpc) is 3.55. The number of piperidine rings is 1. The van der Waals surface area contributed by atoms with Crippen molar-refractivity contribution in [2.75, 3.05) is 18.5 Å². The zero-order valence-corrected chi connectivity index (χ0v) is 17.3. The van der Waals surface area contributed by atoms with Crippen LogP contribution < -0.4 is 4.90 Å². The third-order valence-electron chi connectivity index (χ3n) is 6.41. The molecular formula is C22H21F3N6O. The van der Waals surface area contributed by atoms with E-state index in [1.54, 1.807) is 24.5 Å². The zero-order chi connectivity index (χ0) is 22.5. The summed E-state index contributed by atoms with van der Waals surface area (Å²) in [6.07, 6.45) is 1.29. The highest BCUT2D eigenvalue weighted by atomic mass is 19.4. The lowest BCUT2D eigenvalue weighted by Crippen LogP contribution is -2.51. The van der Waals surface area contributed by atoms with Gasteiger partial charge in [0.2, 0.25) is 0 Å². The molecular weight excluding hydrogens is 421 g/mol. The third-order valence-corrected chi connectivity index (χ3v) is 6.41. The van der Waals surface area contributed by atoms with Gasteiger partial charge in [-0.05, 0) is 43.0 Å². The Bertz CT molecular complexity index is 1120. The van der Waals surface area contributed by atoms with Gasteiger partial charge in [-0.3, -0.25) is 4.79 Å². The molecule has 32 heavy (non-hydrogen) atoms. The first-order valence-corrected chi connectivity index (χ1v) is 10.4. The van der Waals surface area contributed by atoms with Crippen molar-refractivity contribution in [2.45, 2.75) is 31.1 Å². The number of hydrogen-bond donors (Lipinski definition) is 0. The van der Waals surface area contributed by atoms with Crippen LogP contribution in [-0.4, -0.2) is 56.5 Å². The summed E-state index contributed by atoms with van der Waals surface area (Å²) in [7, 11) is 1.82. The number of alkyl halides is 3. The number of benzene rings is 1. The van der Waals surface area contributed by atoms with Crippen LogP contribution >= 0.6 is 0 Å². The van der Waals surface area contributed by atoms with Gasteiger partial charge in [0.1, 0.15) is 5.82 Å². The summed E-state index contributed by atoms with van der Waals surface area (Å²) in [5, 5.41) is 8.30. The number of likely N-dealkylation sites (tertiary alicyclic amines) is 1. The number of rotatable bonds is 4. The van der Waals surface area contributed by atoms with Gasteiger partial charge in [0.15, 0.2) is 0 Å². The number of carbonyl (C=O) groups is 1. The molecule has 0 radical (unpaired) electrons. The number of hydrogen-bond acceptors (Lipinski definition) is 5. The Morgan fingerprint density at radius 1 is 1.09 bits per heavy atom. The van der Waals surface area contributed by atoms with Crippen LogP contribution in [0.1, 0.15) is 28.8 Å². The number of likely N-dealkylation sites (N-methyl/N-ethyl adjacent to an activating group) is 1. The Labute approximate surface area is 182 Å². The molecule has 2 fully saturated rings. The maximum absolute atomic E-state index is 13.5. The summed E-state index contributed by atoms with van der Waals surface area (Å²) in [6.45, 7) is 0.662. The minimum atomic E-state index is -4.42. The van der Waals surface area contributed by atoms with Crippen molar-refractivity contribution < 1.29 is 18.0 Å². The molecule has 3 atom stereocenters. The zero-order valence-electron chi connectivity index (χ0n) is 17.3. The Kier molecular flexibility index (Phi) is 4.87. The highest BCUT2D eigenvalue weighted by Crippen LogP contribution is 2.42. The average molecular weight is 442 g/mol. The lowest BCUT2D eigenvalue weighted by atomic mass is 10.0. The van der Waals surface area contributed by atoms with Gasteiger partial charge in [-0.2, -0.15) is 28.2 Å². The lowest BCUT2D eigenvalue weighted by molar-refractivity contribution is -0.137. The molecule has 7 nitrogen and oxygen atoms in total. The number of pyridine rings is 1. The Balaban J connectivity index is 1.38. The molecule has 2 unspecified atom stereocenters. The van der Waals surface area contributed by atoms with Crippen LogP contribution in [0.15, 0.2) is 55.0 Å². The number of anilines is 1. The Hall–Kier alpha value is -3.43. The summed E-state index contributed by atoms with van der Waals surface area (Å²) in [5.41, 5.74) is 0.355. The first-order chi connectivity index (χ1) is 15.3. The fraction of sp³-hybridized carbons (Fsp3) is 0.364. The maximum Gasteiger partial charge on any atom is 0.417 e. The van der Waals surface area contributed by atoms with Crippen molar-refractivity contribution in [2.24, 2.45) is 5.92 Å². The van der Waals surface area contributed by atoms with Crippen molar-refractivity contribution in [1.29, 1.82) is 0 Å². The molecule has 3 heterocycles. The molecule has 2 aromatic heterocycles. The predicted octanol–water partition coefficient (Wildman–Crippen LogP) is 3.42. The standard InChI is InChI=1S/C22H21F3N6O/c1-29(20-7-6-15(12-26-20)22(23,24)25)18-10-14-11-19(18)30(13-14)21(32)16-4-2-3-5-17(16)31-27-8-9-28-31/h2-9,12,14,18-19H,10-11,13H2,1H3/t14-,18?,19?/m0/s1. The van der Waals surface area contributed by atoms with Crippen molar-refractivity contribution in [3.63, 3.8) is 0 Å². The normalized spacial score (nSPS) is 22.4. The molecule has 1 saturated heterocycles. The first-order valence-electron chi connectivity index (χ1n) is 10.4. The second kappa shape index (κ2) is 7.61. The predicted molar refractivity (Wildman–Crippen MR) is 110 cm³/mol. The summed E-state index contributed by atoms with van der Waals surface area (Å²) >= 11 is 0. The van der Waals surface area contributed by atoms with Crippen LogP contribution in [0.2, 0.25) is 0 Å². The van der Waals surface area contributed by atoms with E-state index in [1.807, 2.05) is 29.0 Å². The fourth-order valence-corrected chi connectivity index (χ4v) is 4.90. The third kappa shape index (κ3) is 3.49. The number of fused-ring (bicyclic) bond motifs is 2. The SMILES string of the molecule is CN(c1ccc(C(F)(F)F)cn1)C1C[C@H]2CC1N(C(=O)c1ccccc1-n1nccn1)C2. The number of nitrogens with zero attached hydrogens (tertiary/aromatic N) is 6. The molecule has 1 aliphatic carbocycles. The van der Waals surface area contributed by atoms with E-state index in [2.05, 4.69) is 15.2 Å². The van der Waals surface area contributed by atoms with Crippen LogP contribution in [0.5, 0.6) is 0 Å². The molecule has 2 bridgehead atoms. The van der Waals surface area contributed by atoms with E-state index in [4.69, 9.17) is 0 Å². The summed E-state index contributed by atoms with van der Waals surface area (Å²) in [6, 6.07) is 9.59. The molecule has 1 aromatic carbocycles. The van der Waals surface area contributed by atoms with Crippen LogP contribution in [0, 0.1) is 5.92 Å². The minimum absolute atomic E-state index is 0.0167. The molecule has 2 aliphatic rings. The minimum Gasteiger partial charge on any atom is -0.355 e. The highest BCUT2D eigenvalue weighted by Gasteiger charge is 2.49. The van der Waals surface area contributed by atoms with E-state index in [-0.39, 0.29) is 18.0 Å². The molecule has 0 spiro atoms. The Morgan fingerprint density at radius 3 is 2.50 bits per heavy atom. The molecule has 1 amide bonds. The van der Waals surface area contributed by atoms with Crippen LogP contribution in [0.4, 0.5) is 19.0 Å². The number of halogens is 3. The van der Waals surface area contributed by atoms with E-state index in [9.17, 15) is 18.0 Å². The van der Waals surface area contributed by atoms with Gasteiger partial charge >= 0.3 is 6.18 Å². The first kappa shape index (κ1) is 20.5. The molecule has 5 rings (SSSR count). The van der Waals surface area contributed by atoms with Crippen LogP contribution in [0.3, 0.4) is 0 Å². The van der Waals surface area contributed by atoms with Crippen molar-refractivity contribution in [3.8, 4) is 5.69 Å². The van der Waals surface area contributed by atoms with E-state index in [1.165, 1.54) is 10.9 Å². The van der Waals surface area contributed by atoms with Gasteiger partial charge < -0.3 is 9.80 Å². The van der Waals surface area contributed by atoms with E-state index in [0.717, 1.165) is 25.1 Å². The van der Waals surface area contributed by atoms with Crippen molar-refractivity contribution in [3.05, 3.63) is 66.1 Å². The van der Waals surface area contributed by atoms with Crippen LogP contribution in [-0.2, 0) is 6.18 Å². The molecule has 0 N–H and O–H groups in total. The van der Waals surface area contributed by atoms with E-state index in [0.29, 0.717) is 29.5 Å². The number of amides is 1. The molecule has 1 aliphatic heterocycles. The van der Waals surface area contributed by atoms with Crippen LogP contribution in [0.25, 0.3) is 5.69 Å². The van der Waals surface area contributed by atoms with Gasteiger partial charge in [-0.1, -0.05) is 12.1 Å².